The summed E-state index contributed by atoms with van der Waals surface area (Å²) in [6.45, 7) is 0.405. The van der Waals surface area contributed by atoms with E-state index in [4.69, 9.17) is 0 Å². The van der Waals surface area contributed by atoms with Crippen LogP contribution in [0.5, 0.6) is 0 Å². The second kappa shape index (κ2) is 3.00. The zero-order valence-electron chi connectivity index (χ0n) is 7.40. The summed E-state index contributed by atoms with van der Waals surface area (Å²) in [6, 6.07) is -0.599. The van der Waals surface area contributed by atoms with Gasteiger partial charge in [0.1, 0.15) is 6.04 Å². The molecule has 5 heteroatoms. The number of carbonyl (C=O) groups is 2. The summed E-state index contributed by atoms with van der Waals surface area (Å²) in [6.07, 6.45) is 0. The minimum absolute atomic E-state index is 0.148. The average Bonchev–Trinajstić information content (AvgIpc) is 2.32. The van der Waals surface area contributed by atoms with E-state index in [1.807, 2.05) is 0 Å². The molecule has 1 atom stereocenters. The molecule has 68 valence electrons. The first-order chi connectivity index (χ1) is 5.57. The number of ether oxygens (including phenoxy) is 1. The molecule has 0 aromatic heterocycles. The van der Waals surface area contributed by atoms with Gasteiger partial charge in [0, 0.05) is 14.1 Å². The fourth-order valence-corrected chi connectivity index (χ4v) is 1.23. The topological polar surface area (TPSA) is 49.9 Å². The van der Waals surface area contributed by atoms with E-state index < -0.39 is 6.04 Å². The molecule has 0 aromatic rings. The average molecular weight is 172 g/mol. The Kier molecular flexibility index (Phi) is 2.21. The van der Waals surface area contributed by atoms with Crippen LogP contribution in [0.1, 0.15) is 0 Å². The number of urea groups is 1. The first kappa shape index (κ1) is 8.83. The van der Waals surface area contributed by atoms with Crippen LogP contribution in [0.4, 0.5) is 4.79 Å². The minimum atomic E-state index is -0.451. The number of hydrogen-bond donors (Lipinski definition) is 0. The van der Waals surface area contributed by atoms with Gasteiger partial charge in [-0.3, -0.25) is 0 Å². The second-order valence-corrected chi connectivity index (χ2v) is 2.81. The van der Waals surface area contributed by atoms with Gasteiger partial charge in [0.15, 0.2) is 0 Å². The molecule has 0 saturated carbocycles. The van der Waals surface area contributed by atoms with E-state index in [-0.39, 0.29) is 12.0 Å². The highest BCUT2D eigenvalue weighted by Crippen LogP contribution is 2.12. The van der Waals surface area contributed by atoms with Crippen molar-refractivity contribution in [3.8, 4) is 0 Å². The molecular weight excluding hydrogens is 160 g/mol. The van der Waals surface area contributed by atoms with Crippen molar-refractivity contribution in [3.05, 3.63) is 0 Å². The molecular formula is C7H12N2O3. The van der Waals surface area contributed by atoms with Crippen LogP contribution >= 0.6 is 0 Å². The fourth-order valence-electron chi connectivity index (χ4n) is 1.23. The molecule has 1 unspecified atom stereocenters. The van der Waals surface area contributed by atoms with Gasteiger partial charge in [-0.2, -0.15) is 0 Å². The van der Waals surface area contributed by atoms with Crippen LogP contribution in [0.25, 0.3) is 0 Å². The maximum absolute atomic E-state index is 11.2. The SMILES string of the molecule is COC(=O)C1CN(C)C(=O)N1C. The van der Waals surface area contributed by atoms with Crippen molar-refractivity contribution in [1.82, 2.24) is 9.80 Å². The summed E-state index contributed by atoms with van der Waals surface area (Å²) in [5.74, 6) is -0.366. The predicted molar refractivity (Wildman–Crippen MR) is 41.6 cm³/mol. The number of amides is 2. The first-order valence-corrected chi connectivity index (χ1v) is 3.63. The second-order valence-electron chi connectivity index (χ2n) is 2.81. The third-order valence-corrected chi connectivity index (χ3v) is 2.02. The monoisotopic (exact) mass is 172 g/mol. The third-order valence-electron chi connectivity index (χ3n) is 2.02. The molecule has 1 saturated heterocycles. The lowest BCUT2D eigenvalue weighted by molar-refractivity contribution is -0.144. The van der Waals surface area contributed by atoms with Gasteiger partial charge < -0.3 is 14.5 Å². The maximum atomic E-state index is 11.2. The molecule has 1 fully saturated rings. The van der Waals surface area contributed by atoms with E-state index in [9.17, 15) is 9.59 Å². The number of rotatable bonds is 1. The number of likely N-dealkylation sites (N-methyl/N-ethyl adjacent to an activating group) is 2. The highest BCUT2D eigenvalue weighted by molar-refractivity contribution is 5.87. The highest BCUT2D eigenvalue weighted by atomic mass is 16.5. The summed E-state index contributed by atoms with van der Waals surface area (Å²) in [7, 11) is 4.56. The van der Waals surface area contributed by atoms with Crippen LogP contribution in [0.15, 0.2) is 0 Å². The van der Waals surface area contributed by atoms with Gasteiger partial charge in [0.05, 0.1) is 13.7 Å². The Labute approximate surface area is 70.9 Å². The fraction of sp³-hybridized carbons (Fsp3) is 0.714. The van der Waals surface area contributed by atoms with Crippen LogP contribution in [-0.2, 0) is 9.53 Å². The Hall–Kier alpha value is -1.26. The molecule has 5 nitrogen and oxygen atoms in total. The number of nitrogens with zero attached hydrogens (tertiary/aromatic N) is 2. The Morgan fingerprint density at radius 3 is 2.50 bits per heavy atom. The van der Waals surface area contributed by atoms with E-state index in [2.05, 4.69) is 4.74 Å². The van der Waals surface area contributed by atoms with Crippen molar-refractivity contribution >= 4 is 12.0 Å². The normalized spacial score (nSPS) is 23.2. The molecule has 1 rings (SSSR count). The van der Waals surface area contributed by atoms with Crippen LogP contribution < -0.4 is 0 Å². The van der Waals surface area contributed by atoms with E-state index >= 15 is 0 Å². The van der Waals surface area contributed by atoms with Crippen LogP contribution in [0.3, 0.4) is 0 Å². The summed E-state index contributed by atoms with van der Waals surface area (Å²) >= 11 is 0. The Morgan fingerprint density at radius 2 is 2.17 bits per heavy atom. The molecule has 0 radical (unpaired) electrons. The summed E-state index contributed by atoms with van der Waals surface area (Å²) in [4.78, 5) is 25.1. The molecule has 1 heterocycles. The molecule has 12 heavy (non-hydrogen) atoms. The van der Waals surface area contributed by atoms with Gasteiger partial charge in [-0.15, -0.1) is 0 Å². The standard InChI is InChI=1S/C7H12N2O3/c1-8-4-5(6(10)12-3)9(2)7(8)11/h5H,4H2,1-3H3. The lowest BCUT2D eigenvalue weighted by Gasteiger charge is -2.14. The lowest BCUT2D eigenvalue weighted by Crippen LogP contribution is -2.37. The number of methoxy groups -OCH3 is 1. The van der Waals surface area contributed by atoms with Crippen molar-refractivity contribution in [3.63, 3.8) is 0 Å². The Morgan fingerprint density at radius 1 is 1.58 bits per heavy atom. The van der Waals surface area contributed by atoms with Crippen molar-refractivity contribution in [2.45, 2.75) is 6.04 Å². The van der Waals surface area contributed by atoms with E-state index in [0.29, 0.717) is 6.54 Å². The van der Waals surface area contributed by atoms with Gasteiger partial charge >= 0.3 is 12.0 Å². The molecule has 0 bridgehead atoms. The van der Waals surface area contributed by atoms with Crippen molar-refractivity contribution < 1.29 is 14.3 Å². The zero-order valence-corrected chi connectivity index (χ0v) is 7.40. The van der Waals surface area contributed by atoms with Crippen molar-refractivity contribution in [2.75, 3.05) is 27.7 Å². The molecule has 0 aromatic carbocycles. The molecule has 0 aliphatic carbocycles. The molecule has 1 aliphatic heterocycles. The van der Waals surface area contributed by atoms with Gasteiger partial charge in [0.25, 0.3) is 0 Å². The van der Waals surface area contributed by atoms with E-state index in [1.54, 1.807) is 14.1 Å². The zero-order chi connectivity index (χ0) is 9.30. The third kappa shape index (κ3) is 1.22. The predicted octanol–water partition coefficient (Wildman–Crippen LogP) is -0.475. The number of hydrogen-bond acceptors (Lipinski definition) is 3. The van der Waals surface area contributed by atoms with Crippen molar-refractivity contribution in [2.24, 2.45) is 0 Å². The molecule has 0 spiro atoms. The number of esters is 1. The van der Waals surface area contributed by atoms with Gasteiger partial charge in [-0.05, 0) is 0 Å². The van der Waals surface area contributed by atoms with Gasteiger partial charge in [-0.1, -0.05) is 0 Å². The van der Waals surface area contributed by atoms with Crippen LogP contribution in [-0.4, -0.2) is 55.6 Å². The lowest BCUT2D eigenvalue weighted by atomic mass is 10.3. The van der Waals surface area contributed by atoms with Crippen LogP contribution in [0, 0.1) is 0 Å². The summed E-state index contributed by atoms with van der Waals surface area (Å²) < 4.78 is 4.54. The van der Waals surface area contributed by atoms with Gasteiger partial charge in [-0.25, -0.2) is 9.59 Å². The van der Waals surface area contributed by atoms with E-state index in [1.165, 1.54) is 16.9 Å². The summed E-state index contributed by atoms with van der Waals surface area (Å²) in [5, 5.41) is 0. The quantitative estimate of drug-likeness (QED) is 0.502. The molecule has 0 N–H and O–H groups in total. The first-order valence-electron chi connectivity index (χ1n) is 3.63. The maximum Gasteiger partial charge on any atom is 0.330 e. The molecule has 2 amide bonds. The highest BCUT2D eigenvalue weighted by Gasteiger charge is 2.37. The largest absolute Gasteiger partial charge is 0.467 e. The van der Waals surface area contributed by atoms with Gasteiger partial charge in [0.2, 0.25) is 0 Å². The Balaban J connectivity index is 2.71. The minimum Gasteiger partial charge on any atom is -0.467 e. The van der Waals surface area contributed by atoms with E-state index in [0.717, 1.165) is 0 Å². The van der Waals surface area contributed by atoms with Crippen molar-refractivity contribution in [1.29, 1.82) is 0 Å². The number of carbonyl (C=O) groups excluding carboxylic acids is 2. The Bertz CT molecular complexity index is 217. The smallest absolute Gasteiger partial charge is 0.330 e. The molecule has 1 aliphatic rings. The van der Waals surface area contributed by atoms with Crippen LogP contribution in [0.2, 0.25) is 0 Å². The summed E-state index contributed by atoms with van der Waals surface area (Å²) in [5.41, 5.74) is 0.